The fourth-order valence-corrected chi connectivity index (χ4v) is 2.98. The second-order valence-corrected chi connectivity index (χ2v) is 6.82. The monoisotopic (exact) mass is 477 g/mol. The Kier molecular flexibility index (Phi) is 5.90. The number of cyclic esters (lactones) is 1. The van der Waals surface area contributed by atoms with E-state index in [0.29, 0.717) is 23.7 Å². The van der Waals surface area contributed by atoms with Gasteiger partial charge in [-0.05, 0) is 71.5 Å². The minimum Gasteiger partial charge on any atom is -0.490 e. The lowest BCUT2D eigenvalue weighted by Gasteiger charge is -2.10. The van der Waals surface area contributed by atoms with E-state index in [0.717, 1.165) is 9.13 Å². The average Bonchev–Trinajstić information content (AvgIpc) is 2.98. The van der Waals surface area contributed by atoms with Crippen LogP contribution in [-0.2, 0) is 14.3 Å². The first-order valence-corrected chi connectivity index (χ1v) is 9.28. The Morgan fingerprint density at radius 3 is 2.74 bits per heavy atom. The molecule has 0 aromatic heterocycles. The third-order valence-electron chi connectivity index (χ3n) is 3.52. The summed E-state index contributed by atoms with van der Waals surface area (Å²) in [7, 11) is 0. The molecule has 1 heterocycles. The largest absolute Gasteiger partial charge is 0.490 e. The van der Waals surface area contributed by atoms with E-state index in [-0.39, 0.29) is 11.6 Å². The standard InChI is InChI=1S/C20H16INO5/c1-3-25-18-10-13(7-8-17(18)26-12(2)23)9-16-20(24)27-19(22-16)14-5-4-6-15(21)11-14/h4-11H,3H2,1-2H3/b16-9+. The lowest BCUT2D eigenvalue weighted by molar-refractivity contribution is -0.132. The normalized spacial score (nSPS) is 14.7. The van der Waals surface area contributed by atoms with Gasteiger partial charge in [-0.25, -0.2) is 9.79 Å². The van der Waals surface area contributed by atoms with Crippen molar-refractivity contribution in [2.45, 2.75) is 13.8 Å². The number of nitrogens with zero attached hydrogens (tertiary/aromatic N) is 1. The van der Waals surface area contributed by atoms with Gasteiger partial charge in [-0.15, -0.1) is 0 Å². The molecule has 0 saturated heterocycles. The summed E-state index contributed by atoms with van der Waals surface area (Å²) in [6, 6.07) is 12.5. The second-order valence-electron chi connectivity index (χ2n) is 5.58. The van der Waals surface area contributed by atoms with Gasteiger partial charge in [0.25, 0.3) is 0 Å². The van der Waals surface area contributed by atoms with E-state index in [9.17, 15) is 9.59 Å². The van der Waals surface area contributed by atoms with Crippen molar-refractivity contribution < 1.29 is 23.8 Å². The number of rotatable bonds is 5. The zero-order chi connectivity index (χ0) is 19.4. The molecule has 6 nitrogen and oxygen atoms in total. The van der Waals surface area contributed by atoms with Gasteiger partial charge in [0.1, 0.15) is 0 Å². The lowest BCUT2D eigenvalue weighted by Crippen LogP contribution is -2.05. The average molecular weight is 477 g/mol. The number of ether oxygens (including phenoxy) is 3. The Balaban J connectivity index is 1.92. The van der Waals surface area contributed by atoms with Gasteiger partial charge in [0.05, 0.1) is 6.61 Å². The van der Waals surface area contributed by atoms with Crippen LogP contribution in [0.2, 0.25) is 0 Å². The summed E-state index contributed by atoms with van der Waals surface area (Å²) in [6.45, 7) is 3.56. The van der Waals surface area contributed by atoms with Gasteiger partial charge in [-0.3, -0.25) is 4.79 Å². The maximum atomic E-state index is 12.2. The molecule has 0 spiro atoms. The summed E-state index contributed by atoms with van der Waals surface area (Å²) < 4.78 is 16.9. The molecule has 0 atom stereocenters. The van der Waals surface area contributed by atoms with Gasteiger partial charge in [0.2, 0.25) is 5.90 Å². The Hall–Kier alpha value is -2.68. The Morgan fingerprint density at radius 2 is 2.04 bits per heavy atom. The van der Waals surface area contributed by atoms with E-state index < -0.39 is 11.9 Å². The zero-order valence-corrected chi connectivity index (χ0v) is 16.8. The third-order valence-corrected chi connectivity index (χ3v) is 4.19. The summed E-state index contributed by atoms with van der Waals surface area (Å²) in [4.78, 5) is 27.7. The van der Waals surface area contributed by atoms with Crippen molar-refractivity contribution in [1.82, 2.24) is 0 Å². The summed E-state index contributed by atoms with van der Waals surface area (Å²) in [5.41, 5.74) is 1.60. The van der Waals surface area contributed by atoms with E-state index in [1.807, 2.05) is 31.2 Å². The highest BCUT2D eigenvalue weighted by Gasteiger charge is 2.24. The van der Waals surface area contributed by atoms with Crippen molar-refractivity contribution in [2.24, 2.45) is 4.99 Å². The van der Waals surface area contributed by atoms with Gasteiger partial charge < -0.3 is 14.2 Å². The van der Waals surface area contributed by atoms with Crippen LogP contribution < -0.4 is 9.47 Å². The zero-order valence-electron chi connectivity index (χ0n) is 14.7. The Bertz CT molecular complexity index is 965. The highest BCUT2D eigenvalue weighted by Crippen LogP contribution is 2.30. The van der Waals surface area contributed by atoms with Crippen LogP contribution in [0.4, 0.5) is 0 Å². The summed E-state index contributed by atoms with van der Waals surface area (Å²) in [6.07, 6.45) is 1.60. The molecular formula is C20H16INO5. The molecule has 0 radical (unpaired) electrons. The molecule has 0 saturated carbocycles. The van der Waals surface area contributed by atoms with Gasteiger partial charge >= 0.3 is 11.9 Å². The first-order chi connectivity index (χ1) is 13.0. The van der Waals surface area contributed by atoms with Crippen LogP contribution in [-0.4, -0.2) is 24.4 Å². The van der Waals surface area contributed by atoms with Crippen molar-refractivity contribution >= 4 is 46.5 Å². The fourth-order valence-electron chi connectivity index (χ4n) is 2.43. The summed E-state index contributed by atoms with van der Waals surface area (Å²) >= 11 is 2.18. The molecule has 0 amide bonds. The van der Waals surface area contributed by atoms with Crippen molar-refractivity contribution in [3.63, 3.8) is 0 Å². The molecule has 27 heavy (non-hydrogen) atoms. The minimum absolute atomic E-state index is 0.187. The van der Waals surface area contributed by atoms with Crippen LogP contribution in [0.1, 0.15) is 25.0 Å². The van der Waals surface area contributed by atoms with E-state index in [1.54, 1.807) is 24.3 Å². The topological polar surface area (TPSA) is 74.2 Å². The molecule has 138 valence electrons. The van der Waals surface area contributed by atoms with Crippen LogP contribution in [0.5, 0.6) is 11.5 Å². The van der Waals surface area contributed by atoms with Crippen molar-refractivity contribution in [1.29, 1.82) is 0 Å². The van der Waals surface area contributed by atoms with Crippen molar-refractivity contribution in [3.05, 3.63) is 62.9 Å². The van der Waals surface area contributed by atoms with E-state index >= 15 is 0 Å². The number of esters is 2. The number of aliphatic imine (C=N–C) groups is 1. The molecule has 2 aromatic carbocycles. The quantitative estimate of drug-likeness (QED) is 0.282. The third kappa shape index (κ3) is 4.73. The summed E-state index contributed by atoms with van der Waals surface area (Å²) in [5.74, 6) is 0.0455. The molecule has 1 aliphatic rings. The predicted molar refractivity (Wildman–Crippen MR) is 109 cm³/mol. The fraction of sp³-hybridized carbons (Fsp3) is 0.150. The van der Waals surface area contributed by atoms with Crippen LogP contribution in [0.3, 0.4) is 0 Å². The maximum absolute atomic E-state index is 12.2. The van der Waals surface area contributed by atoms with Gasteiger partial charge in [0, 0.05) is 16.1 Å². The molecule has 0 bridgehead atoms. The number of halogens is 1. The van der Waals surface area contributed by atoms with Gasteiger partial charge in [-0.2, -0.15) is 0 Å². The van der Waals surface area contributed by atoms with E-state index in [4.69, 9.17) is 14.2 Å². The molecule has 1 aliphatic heterocycles. The number of carbonyl (C=O) groups excluding carboxylic acids is 2. The van der Waals surface area contributed by atoms with Crippen LogP contribution in [0, 0.1) is 3.57 Å². The van der Waals surface area contributed by atoms with Gasteiger partial charge in [0.15, 0.2) is 17.2 Å². The molecule has 0 aliphatic carbocycles. The number of carbonyl (C=O) groups is 2. The second kappa shape index (κ2) is 8.34. The smallest absolute Gasteiger partial charge is 0.363 e. The molecular weight excluding hydrogens is 461 g/mol. The predicted octanol–water partition coefficient (Wildman–Crippen LogP) is 3.96. The van der Waals surface area contributed by atoms with Crippen molar-refractivity contribution in [3.8, 4) is 11.5 Å². The van der Waals surface area contributed by atoms with E-state index in [2.05, 4.69) is 27.6 Å². The van der Waals surface area contributed by atoms with E-state index in [1.165, 1.54) is 6.92 Å². The number of hydrogen-bond acceptors (Lipinski definition) is 6. The van der Waals surface area contributed by atoms with Crippen LogP contribution >= 0.6 is 22.6 Å². The molecule has 0 N–H and O–H groups in total. The molecule has 2 aromatic rings. The SMILES string of the molecule is CCOc1cc(/C=C2/N=C(c3cccc(I)c3)OC2=O)ccc1OC(C)=O. The molecule has 0 fully saturated rings. The lowest BCUT2D eigenvalue weighted by atomic mass is 10.1. The Morgan fingerprint density at radius 1 is 1.22 bits per heavy atom. The highest BCUT2D eigenvalue weighted by atomic mass is 127. The van der Waals surface area contributed by atoms with Crippen LogP contribution in [0.25, 0.3) is 6.08 Å². The Labute approximate surface area is 170 Å². The molecule has 3 rings (SSSR count). The molecule has 7 heteroatoms. The van der Waals surface area contributed by atoms with Gasteiger partial charge in [-0.1, -0.05) is 12.1 Å². The number of benzene rings is 2. The minimum atomic E-state index is -0.522. The van der Waals surface area contributed by atoms with Crippen molar-refractivity contribution in [2.75, 3.05) is 6.61 Å². The maximum Gasteiger partial charge on any atom is 0.363 e. The highest BCUT2D eigenvalue weighted by molar-refractivity contribution is 14.1. The number of hydrogen-bond donors (Lipinski definition) is 0. The first kappa shape index (κ1) is 19.1. The summed E-state index contributed by atoms with van der Waals surface area (Å²) in [5, 5.41) is 0. The molecule has 0 unspecified atom stereocenters. The first-order valence-electron chi connectivity index (χ1n) is 8.20. The van der Waals surface area contributed by atoms with Crippen LogP contribution in [0.15, 0.2) is 53.2 Å².